The number of halogens is 2. The van der Waals surface area contributed by atoms with Crippen LogP contribution in [0.3, 0.4) is 0 Å². The van der Waals surface area contributed by atoms with Crippen LogP contribution < -0.4 is 5.32 Å². The van der Waals surface area contributed by atoms with Crippen LogP contribution in [0.15, 0.2) is 18.2 Å². The zero-order valence-electron chi connectivity index (χ0n) is 11.5. The molecule has 1 unspecified atom stereocenters. The summed E-state index contributed by atoms with van der Waals surface area (Å²) < 4.78 is 12.9. The first kappa shape index (κ1) is 15.7. The Bertz CT molecular complexity index is 581. The van der Waals surface area contributed by atoms with Crippen LogP contribution in [0.4, 0.5) is 10.1 Å². The highest BCUT2D eigenvalue weighted by Gasteiger charge is 2.40. The third kappa shape index (κ3) is 3.71. The summed E-state index contributed by atoms with van der Waals surface area (Å²) >= 11 is 5.83. The molecule has 1 heterocycles. The van der Waals surface area contributed by atoms with E-state index in [9.17, 15) is 14.0 Å². The molecule has 0 aliphatic carbocycles. The summed E-state index contributed by atoms with van der Waals surface area (Å²) in [6.07, 6.45) is 0.507. The van der Waals surface area contributed by atoms with E-state index in [4.69, 9.17) is 16.7 Å². The standard InChI is InChI=1S/C14H16ClFN2O3/c1-14(13(20)21)4-5-18(8-14)7-12(19)17-11-3-2-9(16)6-10(11)15/h2-3,6H,4-5,7-8H2,1H3,(H,17,19)(H,20,21). The summed E-state index contributed by atoms with van der Waals surface area (Å²) in [5, 5.41) is 11.9. The zero-order valence-corrected chi connectivity index (χ0v) is 12.3. The molecular weight excluding hydrogens is 299 g/mol. The lowest BCUT2D eigenvalue weighted by Crippen LogP contribution is -2.35. The number of nitrogens with zero attached hydrogens (tertiary/aromatic N) is 1. The molecule has 2 N–H and O–H groups in total. The molecule has 5 nitrogen and oxygen atoms in total. The van der Waals surface area contributed by atoms with E-state index in [0.717, 1.165) is 6.07 Å². The van der Waals surface area contributed by atoms with Gasteiger partial charge in [0.1, 0.15) is 5.82 Å². The van der Waals surface area contributed by atoms with Crippen molar-refractivity contribution in [1.29, 1.82) is 0 Å². The maximum Gasteiger partial charge on any atom is 0.310 e. The van der Waals surface area contributed by atoms with Gasteiger partial charge in [-0.15, -0.1) is 0 Å². The Hall–Kier alpha value is -1.66. The second-order valence-electron chi connectivity index (χ2n) is 5.50. The van der Waals surface area contributed by atoms with E-state index in [1.54, 1.807) is 11.8 Å². The predicted octanol–water partition coefficient (Wildman–Crippen LogP) is 2.21. The first-order valence-corrected chi connectivity index (χ1v) is 6.89. The number of carboxylic acids is 1. The summed E-state index contributed by atoms with van der Waals surface area (Å²) in [5.74, 6) is -1.64. The number of rotatable bonds is 4. The molecule has 0 bridgehead atoms. The van der Waals surface area contributed by atoms with E-state index in [1.165, 1.54) is 12.1 Å². The van der Waals surface area contributed by atoms with Crippen LogP contribution in [0, 0.1) is 11.2 Å². The van der Waals surface area contributed by atoms with E-state index in [1.807, 2.05) is 0 Å². The third-order valence-electron chi connectivity index (χ3n) is 3.64. The first-order valence-electron chi connectivity index (χ1n) is 6.51. The smallest absolute Gasteiger partial charge is 0.310 e. The van der Waals surface area contributed by atoms with Crippen molar-refractivity contribution in [1.82, 2.24) is 4.90 Å². The van der Waals surface area contributed by atoms with E-state index in [0.29, 0.717) is 25.2 Å². The van der Waals surface area contributed by atoms with Gasteiger partial charge in [0.2, 0.25) is 5.91 Å². The molecule has 21 heavy (non-hydrogen) atoms. The number of carbonyl (C=O) groups excluding carboxylic acids is 1. The normalized spacial score (nSPS) is 22.2. The number of carbonyl (C=O) groups is 2. The molecule has 0 saturated carbocycles. The molecule has 2 rings (SSSR count). The van der Waals surface area contributed by atoms with Crippen molar-refractivity contribution >= 4 is 29.2 Å². The lowest BCUT2D eigenvalue weighted by Gasteiger charge is -2.19. The van der Waals surface area contributed by atoms with Crippen LogP contribution in [0.5, 0.6) is 0 Å². The fourth-order valence-electron chi connectivity index (χ4n) is 2.35. The molecule has 1 aliphatic rings. The monoisotopic (exact) mass is 314 g/mol. The number of benzene rings is 1. The molecular formula is C14H16ClFN2O3. The number of nitrogens with one attached hydrogen (secondary N) is 1. The Labute approximate surface area is 126 Å². The van der Waals surface area contributed by atoms with Gasteiger partial charge in [0.25, 0.3) is 0 Å². The molecule has 1 atom stereocenters. The Morgan fingerprint density at radius 1 is 1.52 bits per heavy atom. The minimum absolute atomic E-state index is 0.0799. The fraction of sp³-hybridized carbons (Fsp3) is 0.429. The maximum absolute atomic E-state index is 12.9. The number of amides is 1. The molecule has 0 aromatic heterocycles. The predicted molar refractivity (Wildman–Crippen MR) is 76.8 cm³/mol. The molecule has 1 aliphatic heterocycles. The van der Waals surface area contributed by atoms with Crippen molar-refractivity contribution in [3.63, 3.8) is 0 Å². The Morgan fingerprint density at radius 2 is 2.24 bits per heavy atom. The molecule has 1 saturated heterocycles. The zero-order chi connectivity index (χ0) is 15.6. The van der Waals surface area contributed by atoms with Gasteiger partial charge in [-0.2, -0.15) is 0 Å². The van der Waals surface area contributed by atoms with Gasteiger partial charge >= 0.3 is 5.97 Å². The highest BCUT2D eigenvalue weighted by atomic mass is 35.5. The van der Waals surface area contributed by atoms with Gasteiger partial charge in [0.15, 0.2) is 0 Å². The van der Waals surface area contributed by atoms with Crippen molar-refractivity contribution in [2.24, 2.45) is 5.41 Å². The number of carboxylic acid groups (broad SMARTS) is 1. The molecule has 1 fully saturated rings. The second-order valence-corrected chi connectivity index (χ2v) is 5.91. The minimum Gasteiger partial charge on any atom is -0.481 e. The Morgan fingerprint density at radius 3 is 2.81 bits per heavy atom. The largest absolute Gasteiger partial charge is 0.481 e. The van der Waals surface area contributed by atoms with Crippen LogP contribution in [0.2, 0.25) is 5.02 Å². The van der Waals surface area contributed by atoms with Crippen molar-refractivity contribution in [3.8, 4) is 0 Å². The van der Waals surface area contributed by atoms with Gasteiger partial charge in [0, 0.05) is 6.54 Å². The summed E-state index contributed by atoms with van der Waals surface area (Å²) in [7, 11) is 0. The molecule has 0 radical (unpaired) electrons. The molecule has 0 spiro atoms. The van der Waals surface area contributed by atoms with Crippen LogP contribution in [-0.4, -0.2) is 41.5 Å². The minimum atomic E-state index is -0.855. The molecule has 114 valence electrons. The SMILES string of the molecule is CC1(C(=O)O)CCN(CC(=O)Nc2ccc(F)cc2Cl)C1. The Balaban J connectivity index is 1.93. The van der Waals surface area contributed by atoms with Crippen LogP contribution in [-0.2, 0) is 9.59 Å². The average Bonchev–Trinajstić information content (AvgIpc) is 2.76. The second kappa shape index (κ2) is 5.99. The first-order chi connectivity index (χ1) is 9.80. The number of hydrogen-bond donors (Lipinski definition) is 2. The quantitative estimate of drug-likeness (QED) is 0.894. The summed E-state index contributed by atoms with van der Waals surface area (Å²) in [6.45, 7) is 2.63. The van der Waals surface area contributed by atoms with E-state index < -0.39 is 17.2 Å². The van der Waals surface area contributed by atoms with E-state index in [2.05, 4.69) is 5.32 Å². The van der Waals surface area contributed by atoms with E-state index >= 15 is 0 Å². The molecule has 1 aromatic rings. The molecule has 1 aromatic carbocycles. The lowest BCUT2D eigenvalue weighted by atomic mass is 9.90. The highest BCUT2D eigenvalue weighted by Crippen LogP contribution is 2.30. The molecule has 1 amide bonds. The fourth-order valence-corrected chi connectivity index (χ4v) is 2.56. The van der Waals surface area contributed by atoms with Gasteiger partial charge in [-0.25, -0.2) is 4.39 Å². The van der Waals surface area contributed by atoms with Crippen molar-refractivity contribution in [2.45, 2.75) is 13.3 Å². The van der Waals surface area contributed by atoms with Crippen LogP contribution in [0.25, 0.3) is 0 Å². The van der Waals surface area contributed by atoms with Crippen molar-refractivity contribution in [3.05, 3.63) is 29.0 Å². The molecule has 7 heteroatoms. The lowest BCUT2D eigenvalue weighted by molar-refractivity contribution is -0.147. The number of hydrogen-bond acceptors (Lipinski definition) is 3. The van der Waals surface area contributed by atoms with Gasteiger partial charge in [-0.3, -0.25) is 14.5 Å². The van der Waals surface area contributed by atoms with Gasteiger partial charge in [-0.1, -0.05) is 11.6 Å². The van der Waals surface area contributed by atoms with Gasteiger partial charge in [0.05, 0.1) is 22.7 Å². The summed E-state index contributed by atoms with van der Waals surface area (Å²) in [6, 6.07) is 3.72. The Kier molecular flexibility index (Phi) is 4.49. The summed E-state index contributed by atoms with van der Waals surface area (Å²) in [5.41, 5.74) is -0.475. The topological polar surface area (TPSA) is 69.6 Å². The van der Waals surface area contributed by atoms with E-state index in [-0.39, 0.29) is 17.5 Å². The number of anilines is 1. The van der Waals surface area contributed by atoms with Crippen molar-refractivity contribution < 1.29 is 19.1 Å². The van der Waals surface area contributed by atoms with Crippen molar-refractivity contribution in [2.75, 3.05) is 25.0 Å². The van der Waals surface area contributed by atoms with Gasteiger partial charge < -0.3 is 10.4 Å². The number of likely N-dealkylation sites (tertiary alicyclic amines) is 1. The number of aliphatic carboxylic acids is 1. The highest BCUT2D eigenvalue weighted by molar-refractivity contribution is 6.33. The summed E-state index contributed by atoms with van der Waals surface area (Å²) in [4.78, 5) is 24.9. The van der Waals surface area contributed by atoms with Gasteiger partial charge in [-0.05, 0) is 38.1 Å². The van der Waals surface area contributed by atoms with Crippen LogP contribution >= 0.6 is 11.6 Å². The average molecular weight is 315 g/mol. The third-order valence-corrected chi connectivity index (χ3v) is 3.95. The van der Waals surface area contributed by atoms with Crippen LogP contribution in [0.1, 0.15) is 13.3 Å². The maximum atomic E-state index is 12.9.